The summed E-state index contributed by atoms with van der Waals surface area (Å²) in [7, 11) is 0. The molecule has 1 unspecified atom stereocenters. The first-order valence-corrected chi connectivity index (χ1v) is 12.7. The number of guanidine groups is 1. The molecule has 0 amide bonds. The Hall–Kier alpha value is -1.44. The van der Waals surface area contributed by atoms with Crippen molar-refractivity contribution in [1.82, 2.24) is 20.5 Å². The van der Waals surface area contributed by atoms with Crippen molar-refractivity contribution in [1.29, 1.82) is 0 Å². The van der Waals surface area contributed by atoms with Crippen molar-refractivity contribution in [3.63, 3.8) is 0 Å². The number of nitrogens with zero attached hydrogens (tertiary/aromatic N) is 3. The van der Waals surface area contributed by atoms with Crippen LogP contribution in [0, 0.1) is 5.92 Å². The Morgan fingerprint density at radius 3 is 2.76 bits per heavy atom. The fourth-order valence-electron chi connectivity index (χ4n) is 3.63. The van der Waals surface area contributed by atoms with E-state index in [1.54, 1.807) is 22.7 Å². The molecule has 160 valence electrons. The largest absolute Gasteiger partial charge is 0.357 e. The van der Waals surface area contributed by atoms with E-state index in [4.69, 9.17) is 9.98 Å². The molecule has 0 aliphatic carbocycles. The number of hydrogen-bond acceptors (Lipinski definition) is 5. The minimum atomic E-state index is 0.457. The van der Waals surface area contributed by atoms with Gasteiger partial charge in [0.1, 0.15) is 0 Å². The summed E-state index contributed by atoms with van der Waals surface area (Å²) in [5.41, 5.74) is 2.62. The van der Waals surface area contributed by atoms with Gasteiger partial charge in [0, 0.05) is 37.5 Å². The zero-order chi connectivity index (χ0) is 20.5. The normalized spacial score (nSPS) is 17.4. The zero-order valence-electron chi connectivity index (χ0n) is 18.0. The Labute approximate surface area is 183 Å². The molecule has 29 heavy (non-hydrogen) atoms. The predicted octanol–water partition coefficient (Wildman–Crippen LogP) is 4.34. The molecule has 0 bridgehead atoms. The summed E-state index contributed by atoms with van der Waals surface area (Å²) in [5.74, 6) is 2.12. The average Bonchev–Trinajstić information content (AvgIpc) is 3.43. The van der Waals surface area contributed by atoms with Gasteiger partial charge in [-0.2, -0.15) is 11.3 Å². The van der Waals surface area contributed by atoms with Crippen LogP contribution in [0.3, 0.4) is 0 Å². The fourth-order valence-corrected chi connectivity index (χ4v) is 5.15. The molecule has 5 nitrogen and oxygen atoms in total. The van der Waals surface area contributed by atoms with Gasteiger partial charge >= 0.3 is 0 Å². The van der Waals surface area contributed by atoms with Gasteiger partial charge in [-0.1, -0.05) is 13.8 Å². The number of likely N-dealkylation sites (tertiary alicyclic amines) is 1. The van der Waals surface area contributed by atoms with E-state index >= 15 is 0 Å². The van der Waals surface area contributed by atoms with E-state index in [2.05, 4.69) is 58.5 Å². The molecular weight excluding hydrogens is 398 g/mol. The summed E-state index contributed by atoms with van der Waals surface area (Å²) in [4.78, 5) is 12.1. The van der Waals surface area contributed by atoms with Crippen LogP contribution in [0.5, 0.6) is 0 Å². The van der Waals surface area contributed by atoms with E-state index in [9.17, 15) is 0 Å². The number of aromatic nitrogens is 1. The summed E-state index contributed by atoms with van der Waals surface area (Å²) < 4.78 is 0. The third kappa shape index (κ3) is 7.08. The first-order chi connectivity index (χ1) is 14.2. The molecule has 0 radical (unpaired) electrons. The third-order valence-electron chi connectivity index (χ3n) is 5.53. The van der Waals surface area contributed by atoms with Gasteiger partial charge in [0.05, 0.1) is 10.7 Å². The van der Waals surface area contributed by atoms with Crippen LogP contribution < -0.4 is 10.6 Å². The standard InChI is InChI=1S/C22H35N5S2/c1-4-21-26-20(16-29-21)14-27-9-6-18(7-10-27)13-25-22(23-5-2)24-12-17(3)19-8-11-28-15-19/h8,11,15-18H,4-7,9-10,12-14H2,1-3H3,(H2,23,24,25). The Bertz CT molecular complexity index is 732. The lowest BCUT2D eigenvalue weighted by Gasteiger charge is -2.31. The van der Waals surface area contributed by atoms with Crippen LogP contribution in [-0.2, 0) is 13.0 Å². The molecule has 1 aliphatic heterocycles. The number of aliphatic imine (C=N–C) groups is 1. The van der Waals surface area contributed by atoms with Gasteiger partial charge < -0.3 is 10.6 Å². The van der Waals surface area contributed by atoms with Crippen LogP contribution in [0.4, 0.5) is 0 Å². The second kappa shape index (κ2) is 11.7. The molecule has 1 fully saturated rings. The zero-order valence-corrected chi connectivity index (χ0v) is 19.6. The van der Waals surface area contributed by atoms with Gasteiger partial charge in [0.15, 0.2) is 5.96 Å². The lowest BCUT2D eigenvalue weighted by Crippen LogP contribution is -2.43. The number of piperidine rings is 1. The lowest BCUT2D eigenvalue weighted by molar-refractivity contribution is 0.176. The number of nitrogens with one attached hydrogen (secondary N) is 2. The first kappa shape index (κ1) is 22.2. The van der Waals surface area contributed by atoms with Gasteiger partial charge in [-0.3, -0.25) is 9.89 Å². The molecule has 1 atom stereocenters. The van der Waals surface area contributed by atoms with Crippen LogP contribution >= 0.6 is 22.7 Å². The number of thiophene rings is 1. The predicted molar refractivity (Wildman–Crippen MR) is 126 cm³/mol. The second-order valence-electron chi connectivity index (χ2n) is 7.86. The molecule has 0 aromatic carbocycles. The number of thiazole rings is 1. The molecule has 7 heteroatoms. The highest BCUT2D eigenvalue weighted by Gasteiger charge is 2.20. The van der Waals surface area contributed by atoms with Crippen LogP contribution in [0.15, 0.2) is 27.2 Å². The van der Waals surface area contributed by atoms with Gasteiger partial charge in [-0.25, -0.2) is 4.98 Å². The van der Waals surface area contributed by atoms with Crippen LogP contribution in [0.2, 0.25) is 0 Å². The van der Waals surface area contributed by atoms with Gasteiger partial charge in [-0.15, -0.1) is 11.3 Å². The van der Waals surface area contributed by atoms with E-state index in [0.29, 0.717) is 11.8 Å². The van der Waals surface area contributed by atoms with E-state index < -0.39 is 0 Å². The molecule has 2 aromatic rings. The maximum absolute atomic E-state index is 4.82. The Morgan fingerprint density at radius 2 is 2.10 bits per heavy atom. The fraction of sp³-hybridized carbons (Fsp3) is 0.636. The summed E-state index contributed by atoms with van der Waals surface area (Å²) in [6, 6.07) is 2.20. The molecule has 2 N–H and O–H groups in total. The Balaban J connectivity index is 1.40. The number of rotatable bonds is 9. The number of aryl methyl sites for hydroxylation is 1. The maximum Gasteiger partial charge on any atom is 0.191 e. The van der Waals surface area contributed by atoms with Crippen molar-refractivity contribution in [2.75, 3.05) is 32.7 Å². The SMILES string of the molecule is CCNC(=NCC(C)c1ccsc1)NCC1CCN(Cc2csc(CC)n2)CC1. The molecule has 1 aliphatic rings. The van der Waals surface area contributed by atoms with E-state index in [1.165, 1.54) is 29.1 Å². The summed E-state index contributed by atoms with van der Waals surface area (Å²) >= 11 is 3.55. The van der Waals surface area contributed by atoms with Crippen LogP contribution in [0.1, 0.15) is 55.8 Å². The molecule has 1 saturated heterocycles. The van der Waals surface area contributed by atoms with E-state index in [-0.39, 0.29) is 0 Å². The molecule has 0 spiro atoms. The quantitative estimate of drug-likeness (QED) is 0.456. The monoisotopic (exact) mass is 433 g/mol. The maximum atomic E-state index is 4.82. The highest BCUT2D eigenvalue weighted by Crippen LogP contribution is 2.20. The smallest absolute Gasteiger partial charge is 0.191 e. The molecule has 3 heterocycles. The molecular formula is C22H35N5S2. The van der Waals surface area contributed by atoms with Crippen LogP contribution in [-0.4, -0.2) is 48.6 Å². The van der Waals surface area contributed by atoms with Crippen molar-refractivity contribution in [3.8, 4) is 0 Å². The van der Waals surface area contributed by atoms with Gasteiger partial charge in [0.2, 0.25) is 0 Å². The van der Waals surface area contributed by atoms with E-state index in [0.717, 1.165) is 51.6 Å². The second-order valence-corrected chi connectivity index (χ2v) is 9.59. The lowest BCUT2D eigenvalue weighted by atomic mass is 9.97. The van der Waals surface area contributed by atoms with Crippen LogP contribution in [0.25, 0.3) is 0 Å². The molecule has 0 saturated carbocycles. The van der Waals surface area contributed by atoms with Crippen molar-refractivity contribution < 1.29 is 0 Å². The van der Waals surface area contributed by atoms with Gasteiger partial charge in [0.25, 0.3) is 0 Å². The third-order valence-corrected chi connectivity index (χ3v) is 7.28. The van der Waals surface area contributed by atoms with Crippen molar-refractivity contribution in [2.45, 2.75) is 52.5 Å². The molecule has 3 rings (SSSR count). The summed E-state index contributed by atoms with van der Waals surface area (Å²) in [5, 5.41) is 14.8. The Morgan fingerprint density at radius 1 is 1.28 bits per heavy atom. The van der Waals surface area contributed by atoms with Gasteiger partial charge in [-0.05, 0) is 67.6 Å². The average molecular weight is 434 g/mol. The number of hydrogen-bond donors (Lipinski definition) is 2. The summed E-state index contributed by atoms with van der Waals surface area (Å²) in [6.07, 6.45) is 3.52. The highest BCUT2D eigenvalue weighted by molar-refractivity contribution is 7.09. The minimum absolute atomic E-state index is 0.457. The van der Waals surface area contributed by atoms with Crippen molar-refractivity contribution >= 4 is 28.6 Å². The summed E-state index contributed by atoms with van der Waals surface area (Å²) in [6.45, 7) is 12.6. The topological polar surface area (TPSA) is 52.6 Å². The first-order valence-electron chi connectivity index (χ1n) is 10.9. The Kier molecular flexibility index (Phi) is 8.95. The van der Waals surface area contributed by atoms with Crippen molar-refractivity contribution in [3.05, 3.63) is 38.5 Å². The minimum Gasteiger partial charge on any atom is -0.357 e. The molecule has 2 aromatic heterocycles. The van der Waals surface area contributed by atoms with Crippen molar-refractivity contribution in [2.24, 2.45) is 10.9 Å². The van der Waals surface area contributed by atoms with E-state index in [1.807, 2.05) is 0 Å². The highest BCUT2D eigenvalue weighted by atomic mass is 32.1.